The fraction of sp³-hybridized carbons (Fsp3) is 0.125. The van der Waals surface area contributed by atoms with Crippen LogP contribution in [0.25, 0.3) is 22.4 Å². The van der Waals surface area contributed by atoms with Crippen molar-refractivity contribution in [3.63, 3.8) is 0 Å². The highest BCUT2D eigenvalue weighted by atomic mass is 19.3. The van der Waals surface area contributed by atoms with Gasteiger partial charge in [-0.15, -0.1) is 10.2 Å². The van der Waals surface area contributed by atoms with Gasteiger partial charge in [-0.3, -0.25) is 0 Å². The molecule has 0 amide bonds. The number of ether oxygens (including phenoxy) is 1. The third kappa shape index (κ3) is 3.16. The van der Waals surface area contributed by atoms with Crippen LogP contribution in [-0.4, -0.2) is 30.1 Å². The summed E-state index contributed by atoms with van der Waals surface area (Å²) in [5.74, 6) is 0.160. The van der Waals surface area contributed by atoms with Gasteiger partial charge in [0.25, 0.3) is 11.8 Å². The Kier molecular flexibility index (Phi) is 4.14. The lowest BCUT2D eigenvalue weighted by atomic mass is 10.2. The van der Waals surface area contributed by atoms with Crippen LogP contribution < -0.4 is 4.74 Å². The number of benzene rings is 1. The zero-order chi connectivity index (χ0) is 17.9. The van der Waals surface area contributed by atoms with Crippen LogP contribution in [0.4, 0.5) is 8.78 Å². The monoisotopic (exact) mass is 356 g/mol. The van der Waals surface area contributed by atoms with Gasteiger partial charge in [-0.05, 0) is 6.07 Å². The highest BCUT2D eigenvalue weighted by Gasteiger charge is 2.17. The van der Waals surface area contributed by atoms with Gasteiger partial charge < -0.3 is 9.15 Å². The minimum Gasteiger partial charge on any atom is -0.483 e. The molecule has 0 aliphatic rings. The molecule has 0 saturated carbocycles. The first kappa shape index (κ1) is 15.9. The van der Waals surface area contributed by atoms with Crippen LogP contribution in [0.2, 0.25) is 0 Å². The van der Waals surface area contributed by atoms with E-state index in [9.17, 15) is 8.78 Å². The number of rotatable bonds is 5. The van der Waals surface area contributed by atoms with Crippen LogP contribution in [-0.2, 0) is 6.61 Å². The molecule has 8 nitrogen and oxygen atoms in total. The molecule has 130 valence electrons. The van der Waals surface area contributed by atoms with Gasteiger partial charge in [0, 0.05) is 24.0 Å². The van der Waals surface area contributed by atoms with Gasteiger partial charge in [-0.25, -0.2) is 19.9 Å². The summed E-state index contributed by atoms with van der Waals surface area (Å²) in [4.78, 5) is 16.4. The van der Waals surface area contributed by atoms with Gasteiger partial charge in [0.05, 0.1) is 5.56 Å². The molecule has 26 heavy (non-hydrogen) atoms. The summed E-state index contributed by atoms with van der Waals surface area (Å²) in [5.41, 5.74) is 1.02. The van der Waals surface area contributed by atoms with Crippen LogP contribution in [0.3, 0.4) is 0 Å². The minimum atomic E-state index is -2.82. The first-order chi connectivity index (χ1) is 12.7. The Morgan fingerprint density at radius 1 is 1.04 bits per heavy atom. The lowest BCUT2D eigenvalue weighted by Crippen LogP contribution is -2.02. The number of hydrogen-bond acceptors (Lipinski definition) is 8. The Hall–Kier alpha value is -3.56. The number of alkyl halides is 2. The zero-order valence-electron chi connectivity index (χ0n) is 13.1. The van der Waals surface area contributed by atoms with E-state index in [2.05, 4.69) is 30.1 Å². The molecule has 0 saturated heterocycles. The second-order valence-electron chi connectivity index (χ2n) is 5.14. The topological polar surface area (TPSA) is 99.7 Å². The summed E-state index contributed by atoms with van der Waals surface area (Å²) in [5, 5.41) is 7.66. The molecule has 1 aromatic carbocycles. The van der Waals surface area contributed by atoms with E-state index in [-0.39, 0.29) is 12.5 Å². The first-order valence-corrected chi connectivity index (χ1v) is 7.45. The molecule has 0 spiro atoms. The Bertz CT molecular complexity index is 1030. The van der Waals surface area contributed by atoms with E-state index >= 15 is 0 Å². The fourth-order valence-corrected chi connectivity index (χ4v) is 2.22. The highest BCUT2D eigenvalue weighted by molar-refractivity contribution is 5.83. The predicted octanol–water partition coefficient (Wildman–Crippen LogP) is 2.99. The molecule has 0 aliphatic heterocycles. The van der Waals surface area contributed by atoms with Crippen molar-refractivity contribution in [1.29, 1.82) is 0 Å². The van der Waals surface area contributed by atoms with Gasteiger partial charge in [-0.2, -0.15) is 8.78 Å². The summed E-state index contributed by atoms with van der Waals surface area (Å²) in [6.45, 7) is 0.107. The van der Waals surface area contributed by atoms with E-state index in [1.165, 1.54) is 18.7 Å². The van der Waals surface area contributed by atoms with Crippen molar-refractivity contribution in [2.24, 2.45) is 0 Å². The summed E-state index contributed by atoms with van der Waals surface area (Å²) < 4.78 is 35.5. The summed E-state index contributed by atoms with van der Waals surface area (Å²) in [6.07, 6.45) is 3.12. The molecular weight excluding hydrogens is 346 g/mol. The van der Waals surface area contributed by atoms with Crippen molar-refractivity contribution in [3.05, 3.63) is 54.8 Å². The van der Waals surface area contributed by atoms with Crippen molar-refractivity contribution in [2.75, 3.05) is 0 Å². The Morgan fingerprint density at radius 3 is 2.65 bits per heavy atom. The van der Waals surface area contributed by atoms with Crippen molar-refractivity contribution < 1.29 is 17.9 Å². The largest absolute Gasteiger partial charge is 0.483 e. The third-order valence-electron chi connectivity index (χ3n) is 3.43. The van der Waals surface area contributed by atoms with Gasteiger partial charge in [0.1, 0.15) is 24.2 Å². The van der Waals surface area contributed by atoms with Crippen LogP contribution in [0.5, 0.6) is 5.75 Å². The second kappa shape index (κ2) is 6.75. The molecule has 0 aliphatic carbocycles. The Labute approximate surface area is 144 Å². The zero-order valence-corrected chi connectivity index (χ0v) is 13.1. The lowest BCUT2D eigenvalue weighted by molar-refractivity contribution is 0.116. The van der Waals surface area contributed by atoms with E-state index in [1.807, 2.05) is 12.1 Å². The van der Waals surface area contributed by atoms with E-state index in [0.29, 0.717) is 22.7 Å². The molecule has 0 bridgehead atoms. The average Bonchev–Trinajstić information content (AvgIpc) is 3.17. The molecule has 4 aromatic rings. The molecule has 10 heteroatoms. The standard InChI is InChI=1S/C16H10F2N6O2/c17-14(18)16-24-23-15(26-16)10-5-20-12(21-6-10)7-25-11-3-1-2-9-4-19-8-22-13(9)11/h1-6,8,14H,7H2. The van der Waals surface area contributed by atoms with Crippen LogP contribution >= 0.6 is 0 Å². The molecule has 4 rings (SSSR count). The van der Waals surface area contributed by atoms with Crippen LogP contribution in [0.15, 0.2) is 47.5 Å². The molecule has 3 heterocycles. The molecule has 0 fully saturated rings. The number of fused-ring (bicyclic) bond motifs is 1. The number of halogens is 2. The predicted molar refractivity (Wildman–Crippen MR) is 84.2 cm³/mol. The highest BCUT2D eigenvalue weighted by Crippen LogP contribution is 2.24. The minimum absolute atomic E-state index is 0.0708. The number of nitrogens with zero attached hydrogens (tertiary/aromatic N) is 6. The van der Waals surface area contributed by atoms with Crippen molar-refractivity contribution in [3.8, 4) is 17.2 Å². The smallest absolute Gasteiger partial charge is 0.314 e. The Morgan fingerprint density at radius 2 is 1.88 bits per heavy atom. The number of hydrogen-bond donors (Lipinski definition) is 0. The molecule has 3 aromatic heterocycles. The van der Waals surface area contributed by atoms with E-state index < -0.39 is 12.3 Å². The number of para-hydroxylation sites is 1. The second-order valence-corrected chi connectivity index (χ2v) is 5.14. The summed E-state index contributed by atoms with van der Waals surface area (Å²) in [6, 6.07) is 5.50. The van der Waals surface area contributed by atoms with Crippen molar-refractivity contribution in [1.82, 2.24) is 30.1 Å². The quantitative estimate of drug-likeness (QED) is 0.538. The van der Waals surface area contributed by atoms with E-state index in [0.717, 1.165) is 5.39 Å². The van der Waals surface area contributed by atoms with Crippen molar-refractivity contribution in [2.45, 2.75) is 13.0 Å². The van der Waals surface area contributed by atoms with Crippen LogP contribution in [0.1, 0.15) is 18.1 Å². The SMILES string of the molecule is FC(F)c1nnc(-c2cnc(COc3cccc4cncnc34)nc2)o1. The lowest BCUT2D eigenvalue weighted by Gasteiger charge is -2.07. The van der Waals surface area contributed by atoms with Crippen LogP contribution in [0, 0.1) is 0 Å². The maximum atomic E-state index is 12.5. The summed E-state index contributed by atoms with van der Waals surface area (Å²) in [7, 11) is 0. The van der Waals surface area contributed by atoms with E-state index in [1.54, 1.807) is 12.3 Å². The van der Waals surface area contributed by atoms with Gasteiger partial charge >= 0.3 is 6.43 Å². The molecule has 0 atom stereocenters. The summed E-state index contributed by atoms with van der Waals surface area (Å²) >= 11 is 0. The molecule has 0 unspecified atom stereocenters. The van der Waals surface area contributed by atoms with Crippen molar-refractivity contribution >= 4 is 10.9 Å². The Balaban J connectivity index is 1.49. The van der Waals surface area contributed by atoms with Gasteiger partial charge in [-0.1, -0.05) is 12.1 Å². The fourth-order valence-electron chi connectivity index (χ4n) is 2.22. The van der Waals surface area contributed by atoms with Gasteiger partial charge in [0.2, 0.25) is 0 Å². The molecule has 0 radical (unpaired) electrons. The molecular formula is C16H10F2N6O2. The normalized spacial score (nSPS) is 11.2. The first-order valence-electron chi connectivity index (χ1n) is 7.45. The number of aromatic nitrogens is 6. The van der Waals surface area contributed by atoms with Gasteiger partial charge in [0.15, 0.2) is 5.82 Å². The molecule has 0 N–H and O–H groups in total. The third-order valence-corrected chi connectivity index (χ3v) is 3.43. The average molecular weight is 356 g/mol. The van der Waals surface area contributed by atoms with E-state index in [4.69, 9.17) is 9.15 Å². The maximum Gasteiger partial charge on any atom is 0.314 e. The maximum absolute atomic E-state index is 12.5.